The van der Waals surface area contributed by atoms with Crippen LogP contribution in [0.5, 0.6) is 0 Å². The molecule has 0 bridgehead atoms. The molecule has 0 fully saturated rings. The van der Waals surface area contributed by atoms with Gasteiger partial charge in [-0.25, -0.2) is 18.7 Å². The largest absolute Gasteiger partial charge is 0.414 e. The second-order valence-corrected chi connectivity index (χ2v) is 15.4. The zero-order chi connectivity index (χ0) is 27.5. The Hall–Kier alpha value is -3.48. The maximum atomic E-state index is 14.5. The first-order valence-electron chi connectivity index (χ1n) is 12.3. The number of aliphatic hydroxyl groups excluding tert-OH is 1. The van der Waals surface area contributed by atoms with Crippen LogP contribution in [-0.2, 0) is 11.0 Å². The normalized spacial score (nSPS) is 13.1. The van der Waals surface area contributed by atoms with Crippen LogP contribution in [-0.4, -0.2) is 57.6 Å². The van der Waals surface area contributed by atoms with Gasteiger partial charge in [-0.2, -0.15) is 5.10 Å². The van der Waals surface area contributed by atoms with E-state index in [9.17, 15) is 13.9 Å². The van der Waals surface area contributed by atoms with E-state index in [0.29, 0.717) is 22.6 Å². The van der Waals surface area contributed by atoms with Crippen molar-refractivity contribution in [3.8, 4) is 22.9 Å². The third-order valence-corrected chi connectivity index (χ3v) is 11.2. The highest BCUT2D eigenvalue weighted by atomic mass is 28.4. The summed E-state index contributed by atoms with van der Waals surface area (Å²) >= 11 is 0. The SMILES string of the molecule is CC(C)(C)[Si](C)(C)OCC(O)CNc1nc(-c2cc(-c3ccon3)n(Cc3ccccc3F)n2)ncc1F. The van der Waals surface area contributed by atoms with E-state index in [1.54, 1.807) is 35.0 Å². The molecule has 3 aromatic heterocycles. The first-order chi connectivity index (χ1) is 17.9. The zero-order valence-electron chi connectivity index (χ0n) is 22.1. The fraction of sp³-hybridized carbons (Fsp3) is 0.385. The van der Waals surface area contributed by atoms with E-state index in [1.807, 2.05) is 0 Å². The molecule has 9 nitrogen and oxygen atoms in total. The van der Waals surface area contributed by atoms with Crippen molar-refractivity contribution >= 4 is 14.1 Å². The summed E-state index contributed by atoms with van der Waals surface area (Å²) in [5.41, 5.74) is 1.82. The monoisotopic (exact) mass is 542 g/mol. The van der Waals surface area contributed by atoms with E-state index in [2.05, 4.69) is 59.4 Å². The summed E-state index contributed by atoms with van der Waals surface area (Å²) in [7, 11) is -2.03. The molecule has 1 atom stereocenters. The second kappa shape index (κ2) is 11.1. The van der Waals surface area contributed by atoms with Crippen LogP contribution in [0.25, 0.3) is 22.9 Å². The molecular formula is C26H32F2N6O3Si. The highest BCUT2D eigenvalue weighted by Crippen LogP contribution is 2.36. The van der Waals surface area contributed by atoms with Crippen LogP contribution in [0.3, 0.4) is 0 Å². The van der Waals surface area contributed by atoms with Crippen LogP contribution in [0, 0.1) is 11.6 Å². The number of hydrogen-bond acceptors (Lipinski definition) is 8. The molecule has 4 rings (SSSR count). The molecule has 1 unspecified atom stereocenters. The van der Waals surface area contributed by atoms with Gasteiger partial charge >= 0.3 is 0 Å². The van der Waals surface area contributed by atoms with Crippen molar-refractivity contribution in [1.29, 1.82) is 0 Å². The lowest BCUT2D eigenvalue weighted by Crippen LogP contribution is -2.43. The molecule has 0 spiro atoms. The summed E-state index contributed by atoms with van der Waals surface area (Å²) in [4.78, 5) is 8.38. The number of nitrogens with one attached hydrogen (secondary N) is 1. The van der Waals surface area contributed by atoms with Crippen molar-refractivity contribution in [1.82, 2.24) is 24.9 Å². The van der Waals surface area contributed by atoms with Gasteiger partial charge in [0.1, 0.15) is 23.5 Å². The smallest absolute Gasteiger partial charge is 0.192 e. The van der Waals surface area contributed by atoms with E-state index >= 15 is 0 Å². The number of aliphatic hydroxyl groups is 1. The van der Waals surface area contributed by atoms with Crippen LogP contribution < -0.4 is 5.32 Å². The maximum Gasteiger partial charge on any atom is 0.192 e. The van der Waals surface area contributed by atoms with Crippen molar-refractivity contribution in [2.45, 2.75) is 51.6 Å². The molecule has 12 heteroatoms. The summed E-state index contributed by atoms with van der Waals surface area (Å²) in [6.07, 6.45) is 1.60. The van der Waals surface area contributed by atoms with Crippen LogP contribution in [0.1, 0.15) is 26.3 Å². The van der Waals surface area contributed by atoms with E-state index < -0.39 is 20.2 Å². The van der Waals surface area contributed by atoms with Gasteiger partial charge in [0, 0.05) is 18.2 Å². The number of benzene rings is 1. The number of anilines is 1. The van der Waals surface area contributed by atoms with E-state index in [0.717, 1.165) is 6.20 Å². The molecule has 0 aliphatic rings. The van der Waals surface area contributed by atoms with Crippen molar-refractivity contribution in [2.24, 2.45) is 0 Å². The summed E-state index contributed by atoms with van der Waals surface area (Å²) in [6, 6.07) is 9.73. The van der Waals surface area contributed by atoms with Crippen molar-refractivity contribution in [2.75, 3.05) is 18.5 Å². The topological polar surface area (TPSA) is 111 Å². The lowest BCUT2D eigenvalue weighted by atomic mass is 10.2. The molecular weight excluding hydrogens is 510 g/mol. The van der Waals surface area contributed by atoms with Gasteiger partial charge in [0.2, 0.25) is 0 Å². The summed E-state index contributed by atoms with van der Waals surface area (Å²) in [5.74, 6) is -0.962. The van der Waals surface area contributed by atoms with Crippen LogP contribution in [0.2, 0.25) is 18.1 Å². The molecule has 1 aromatic carbocycles. The average Bonchev–Trinajstić information content (AvgIpc) is 3.53. The lowest BCUT2D eigenvalue weighted by molar-refractivity contribution is 0.109. The van der Waals surface area contributed by atoms with Gasteiger partial charge in [0.15, 0.2) is 25.8 Å². The molecule has 0 saturated heterocycles. The van der Waals surface area contributed by atoms with E-state index in [-0.39, 0.29) is 42.2 Å². The average molecular weight is 543 g/mol. The Labute approximate surface area is 221 Å². The molecule has 0 amide bonds. The first kappa shape index (κ1) is 27.5. The molecule has 4 aromatic rings. The van der Waals surface area contributed by atoms with E-state index in [1.165, 1.54) is 12.3 Å². The Morgan fingerprint density at radius 1 is 1.13 bits per heavy atom. The zero-order valence-corrected chi connectivity index (χ0v) is 23.1. The number of halogens is 2. The van der Waals surface area contributed by atoms with Crippen LogP contribution in [0.15, 0.2) is 53.4 Å². The van der Waals surface area contributed by atoms with Gasteiger partial charge < -0.3 is 19.4 Å². The molecule has 38 heavy (non-hydrogen) atoms. The third kappa shape index (κ3) is 6.32. The Balaban J connectivity index is 1.53. The predicted octanol–water partition coefficient (Wildman–Crippen LogP) is 5.12. The molecule has 0 radical (unpaired) electrons. The summed E-state index contributed by atoms with van der Waals surface area (Å²) in [5, 5.41) is 21.8. The van der Waals surface area contributed by atoms with Crippen LogP contribution >= 0.6 is 0 Å². The first-order valence-corrected chi connectivity index (χ1v) is 15.2. The van der Waals surface area contributed by atoms with Gasteiger partial charge in [-0.05, 0) is 30.3 Å². The molecule has 0 aliphatic heterocycles. The minimum absolute atomic E-state index is 0.00827. The summed E-state index contributed by atoms with van der Waals surface area (Å²) < 4.78 is 41.4. The Kier molecular flexibility index (Phi) is 8.04. The number of nitrogens with zero attached hydrogens (tertiary/aromatic N) is 5. The lowest BCUT2D eigenvalue weighted by Gasteiger charge is -2.36. The molecule has 0 saturated carbocycles. The number of aromatic nitrogens is 5. The standard InChI is InChI=1S/C26H32F2N6O3Si/c1-26(2,3)38(4,5)37-16-18(35)13-29-24-20(28)14-30-25(31-24)22-12-23(21-10-11-36-33-21)34(32-22)15-17-8-6-7-9-19(17)27/h6-12,14,18,35H,13,15-16H2,1-5H3,(H,29,30,31). The van der Waals surface area contributed by atoms with Gasteiger partial charge in [-0.1, -0.05) is 44.1 Å². The van der Waals surface area contributed by atoms with Gasteiger partial charge in [0.25, 0.3) is 0 Å². The minimum atomic E-state index is -2.03. The number of hydrogen-bond donors (Lipinski definition) is 2. The highest BCUT2D eigenvalue weighted by Gasteiger charge is 2.37. The fourth-order valence-electron chi connectivity index (χ4n) is 3.39. The molecule has 0 aliphatic carbocycles. The maximum absolute atomic E-state index is 14.5. The third-order valence-electron chi connectivity index (χ3n) is 6.68. The molecule has 3 heterocycles. The predicted molar refractivity (Wildman–Crippen MR) is 142 cm³/mol. The Morgan fingerprint density at radius 2 is 1.89 bits per heavy atom. The number of rotatable bonds is 10. The van der Waals surface area contributed by atoms with Crippen molar-refractivity contribution in [3.63, 3.8) is 0 Å². The van der Waals surface area contributed by atoms with E-state index in [4.69, 9.17) is 8.95 Å². The fourth-order valence-corrected chi connectivity index (χ4v) is 4.44. The van der Waals surface area contributed by atoms with Crippen molar-refractivity contribution in [3.05, 3.63) is 66.1 Å². The quantitative estimate of drug-likeness (QED) is 0.266. The van der Waals surface area contributed by atoms with Gasteiger partial charge in [0.05, 0.1) is 31.1 Å². The molecule has 202 valence electrons. The highest BCUT2D eigenvalue weighted by molar-refractivity contribution is 6.74. The van der Waals surface area contributed by atoms with Crippen LogP contribution in [0.4, 0.5) is 14.6 Å². The Morgan fingerprint density at radius 3 is 2.58 bits per heavy atom. The second-order valence-electron chi connectivity index (χ2n) is 10.5. The Bertz CT molecular complexity index is 1370. The summed E-state index contributed by atoms with van der Waals surface area (Å²) in [6.45, 7) is 10.8. The minimum Gasteiger partial charge on any atom is -0.414 e. The van der Waals surface area contributed by atoms with Gasteiger partial charge in [-0.15, -0.1) is 0 Å². The molecule has 2 N–H and O–H groups in total. The van der Waals surface area contributed by atoms with Gasteiger partial charge in [-0.3, -0.25) is 4.68 Å². The van der Waals surface area contributed by atoms with Crippen molar-refractivity contribution < 1.29 is 22.8 Å².